The van der Waals surface area contributed by atoms with Crippen LogP contribution in [0.3, 0.4) is 0 Å². The molecule has 0 aliphatic heterocycles. The number of nitrogens with one attached hydrogen (secondary N) is 1. The number of hydrogen-bond acceptors (Lipinski definition) is 3. The average molecular weight is 274 g/mol. The topological polar surface area (TPSA) is 38.1 Å². The lowest BCUT2D eigenvalue weighted by Gasteiger charge is -2.55. The third-order valence-corrected chi connectivity index (χ3v) is 5.82. The quantitative estimate of drug-likeness (QED) is 0.833. The van der Waals surface area contributed by atoms with Crippen molar-refractivity contribution in [1.82, 2.24) is 10.3 Å². The Hall–Kier alpha value is -0.830. The third kappa shape index (κ3) is 2.11. The molecule has 1 heterocycles. The first-order chi connectivity index (χ1) is 9.77. The second-order valence-electron chi connectivity index (χ2n) is 7.49. The molecular formula is C17H26N2O. The standard InChI is InChI=1S/C17H26N2O/c1-2-3-18-11-16-19-10-15(20-16)17-7-12-4-13(8-17)6-14(5-12)9-17/h10,12-14,18H,2-9,11H2,1H3. The van der Waals surface area contributed by atoms with E-state index < -0.39 is 0 Å². The van der Waals surface area contributed by atoms with Crippen LogP contribution in [0, 0.1) is 17.8 Å². The fraction of sp³-hybridized carbons (Fsp3) is 0.824. The van der Waals surface area contributed by atoms with E-state index in [-0.39, 0.29) is 0 Å². The van der Waals surface area contributed by atoms with Crippen LogP contribution in [0.2, 0.25) is 0 Å². The lowest BCUT2D eigenvalue weighted by molar-refractivity contribution is -0.0156. The van der Waals surface area contributed by atoms with E-state index in [2.05, 4.69) is 17.2 Å². The minimum absolute atomic E-state index is 0.352. The van der Waals surface area contributed by atoms with Gasteiger partial charge in [0.15, 0.2) is 0 Å². The summed E-state index contributed by atoms with van der Waals surface area (Å²) < 4.78 is 6.14. The van der Waals surface area contributed by atoms with Crippen molar-refractivity contribution in [3.8, 4) is 0 Å². The molecule has 0 amide bonds. The highest BCUT2D eigenvalue weighted by molar-refractivity contribution is 5.19. The summed E-state index contributed by atoms with van der Waals surface area (Å²) in [7, 11) is 0. The highest BCUT2D eigenvalue weighted by Crippen LogP contribution is 2.60. The monoisotopic (exact) mass is 274 g/mol. The second-order valence-corrected chi connectivity index (χ2v) is 7.49. The fourth-order valence-corrected chi connectivity index (χ4v) is 5.42. The Morgan fingerprint density at radius 2 is 1.85 bits per heavy atom. The molecule has 3 heteroatoms. The van der Waals surface area contributed by atoms with Crippen molar-refractivity contribution in [3.63, 3.8) is 0 Å². The Labute approximate surface area is 121 Å². The SMILES string of the molecule is CCCNCc1ncc(C23CC4CC(CC(C4)C2)C3)o1. The van der Waals surface area contributed by atoms with Gasteiger partial charge in [-0.15, -0.1) is 0 Å². The average Bonchev–Trinajstić information content (AvgIpc) is 2.87. The molecule has 110 valence electrons. The Kier molecular flexibility index (Phi) is 3.13. The van der Waals surface area contributed by atoms with Crippen LogP contribution in [0.5, 0.6) is 0 Å². The van der Waals surface area contributed by atoms with Gasteiger partial charge >= 0.3 is 0 Å². The van der Waals surface area contributed by atoms with Crippen molar-refractivity contribution in [1.29, 1.82) is 0 Å². The second kappa shape index (κ2) is 4.87. The van der Waals surface area contributed by atoms with Gasteiger partial charge in [0.2, 0.25) is 5.89 Å². The molecule has 1 aromatic rings. The van der Waals surface area contributed by atoms with Crippen molar-refractivity contribution in [2.24, 2.45) is 17.8 Å². The van der Waals surface area contributed by atoms with Crippen molar-refractivity contribution >= 4 is 0 Å². The van der Waals surface area contributed by atoms with E-state index in [9.17, 15) is 0 Å². The molecule has 3 nitrogen and oxygen atoms in total. The molecule has 0 atom stereocenters. The van der Waals surface area contributed by atoms with Crippen molar-refractivity contribution in [3.05, 3.63) is 17.8 Å². The van der Waals surface area contributed by atoms with Crippen LogP contribution in [0.25, 0.3) is 0 Å². The summed E-state index contributed by atoms with van der Waals surface area (Å²) in [5.41, 5.74) is 0.352. The molecule has 0 unspecified atom stereocenters. The molecule has 1 N–H and O–H groups in total. The van der Waals surface area contributed by atoms with Gasteiger partial charge in [-0.1, -0.05) is 6.92 Å². The normalized spacial score (nSPS) is 38.5. The van der Waals surface area contributed by atoms with Crippen LogP contribution in [-0.4, -0.2) is 11.5 Å². The Bertz CT molecular complexity index is 444. The largest absolute Gasteiger partial charge is 0.444 e. The van der Waals surface area contributed by atoms with Crippen LogP contribution in [0.4, 0.5) is 0 Å². The van der Waals surface area contributed by atoms with Crippen LogP contribution in [0.1, 0.15) is 63.5 Å². The van der Waals surface area contributed by atoms with E-state index in [4.69, 9.17) is 4.42 Å². The van der Waals surface area contributed by atoms with Crippen LogP contribution in [-0.2, 0) is 12.0 Å². The lowest BCUT2D eigenvalue weighted by Crippen LogP contribution is -2.48. The Balaban J connectivity index is 1.52. The van der Waals surface area contributed by atoms with E-state index in [0.717, 1.165) is 43.2 Å². The zero-order valence-electron chi connectivity index (χ0n) is 12.5. The summed E-state index contributed by atoms with van der Waals surface area (Å²) in [6, 6.07) is 0. The maximum atomic E-state index is 6.14. The Morgan fingerprint density at radius 3 is 2.45 bits per heavy atom. The molecule has 0 saturated heterocycles. The molecule has 0 aromatic carbocycles. The summed E-state index contributed by atoms with van der Waals surface area (Å²) >= 11 is 0. The van der Waals surface area contributed by atoms with Crippen LogP contribution < -0.4 is 5.32 Å². The van der Waals surface area contributed by atoms with Crippen molar-refractivity contribution < 1.29 is 4.42 Å². The first-order valence-electron chi connectivity index (χ1n) is 8.43. The number of oxazole rings is 1. The molecule has 0 radical (unpaired) electrons. The van der Waals surface area contributed by atoms with Gasteiger partial charge in [0, 0.05) is 5.41 Å². The highest BCUT2D eigenvalue weighted by atomic mass is 16.4. The van der Waals surface area contributed by atoms with Gasteiger partial charge in [0.25, 0.3) is 0 Å². The third-order valence-electron chi connectivity index (χ3n) is 5.82. The van der Waals surface area contributed by atoms with Crippen molar-refractivity contribution in [2.75, 3.05) is 6.54 Å². The van der Waals surface area contributed by atoms with Gasteiger partial charge in [-0.05, 0) is 69.2 Å². The molecule has 0 spiro atoms. The zero-order valence-corrected chi connectivity index (χ0v) is 12.5. The van der Waals surface area contributed by atoms with Gasteiger partial charge in [-0.2, -0.15) is 0 Å². The molecule has 4 aliphatic rings. The van der Waals surface area contributed by atoms with Crippen LogP contribution in [0.15, 0.2) is 10.6 Å². The number of nitrogens with zero attached hydrogens (tertiary/aromatic N) is 1. The summed E-state index contributed by atoms with van der Waals surface area (Å²) in [4.78, 5) is 4.52. The first kappa shape index (κ1) is 12.9. The van der Waals surface area contributed by atoms with E-state index in [1.165, 1.54) is 44.3 Å². The molecule has 1 aromatic heterocycles. The smallest absolute Gasteiger partial charge is 0.208 e. The predicted octanol–water partition coefficient (Wildman–Crippen LogP) is 3.64. The maximum absolute atomic E-state index is 6.14. The van der Waals surface area contributed by atoms with E-state index in [1.54, 1.807) is 0 Å². The van der Waals surface area contributed by atoms with E-state index in [0.29, 0.717) is 5.41 Å². The number of aromatic nitrogens is 1. The zero-order chi connectivity index (χ0) is 13.6. The molecule has 4 bridgehead atoms. The summed E-state index contributed by atoms with van der Waals surface area (Å²) in [6.45, 7) is 4.00. The molecule has 5 rings (SSSR count). The van der Waals surface area contributed by atoms with E-state index >= 15 is 0 Å². The number of rotatable bonds is 5. The van der Waals surface area contributed by atoms with Crippen LogP contribution >= 0.6 is 0 Å². The summed E-state index contributed by atoms with van der Waals surface area (Å²) in [5.74, 6) is 4.98. The maximum Gasteiger partial charge on any atom is 0.208 e. The van der Waals surface area contributed by atoms with Gasteiger partial charge in [-0.25, -0.2) is 4.98 Å². The highest BCUT2D eigenvalue weighted by Gasteiger charge is 2.53. The van der Waals surface area contributed by atoms with Gasteiger partial charge in [0.05, 0.1) is 12.7 Å². The first-order valence-corrected chi connectivity index (χ1v) is 8.43. The molecule has 4 saturated carbocycles. The number of hydrogen-bond donors (Lipinski definition) is 1. The predicted molar refractivity (Wildman–Crippen MR) is 78.4 cm³/mol. The lowest BCUT2D eigenvalue weighted by atomic mass is 9.49. The fourth-order valence-electron chi connectivity index (χ4n) is 5.42. The minimum Gasteiger partial charge on any atom is -0.444 e. The minimum atomic E-state index is 0.352. The molecular weight excluding hydrogens is 248 g/mol. The Morgan fingerprint density at radius 1 is 1.20 bits per heavy atom. The van der Waals surface area contributed by atoms with Gasteiger partial charge < -0.3 is 9.73 Å². The van der Waals surface area contributed by atoms with Gasteiger partial charge in [-0.3, -0.25) is 0 Å². The summed E-state index contributed by atoms with van der Waals surface area (Å²) in [5, 5.41) is 3.38. The van der Waals surface area contributed by atoms with Gasteiger partial charge in [0.1, 0.15) is 5.76 Å². The summed E-state index contributed by atoms with van der Waals surface area (Å²) in [6.07, 6.45) is 11.7. The van der Waals surface area contributed by atoms with E-state index in [1.807, 2.05) is 6.20 Å². The molecule has 20 heavy (non-hydrogen) atoms. The molecule has 4 aliphatic carbocycles. The van der Waals surface area contributed by atoms with Crippen molar-refractivity contribution in [2.45, 2.75) is 63.8 Å². The molecule has 4 fully saturated rings.